The third-order valence-corrected chi connectivity index (χ3v) is 6.24. The van der Waals surface area contributed by atoms with E-state index in [0.717, 1.165) is 57.1 Å². The van der Waals surface area contributed by atoms with E-state index in [1.54, 1.807) is 17.1 Å². The predicted molar refractivity (Wildman–Crippen MR) is 126 cm³/mol. The first kappa shape index (κ1) is 20.9. The summed E-state index contributed by atoms with van der Waals surface area (Å²) in [5.74, 6) is 0.219. The summed E-state index contributed by atoms with van der Waals surface area (Å²) in [5, 5.41) is 7.82. The van der Waals surface area contributed by atoms with Crippen molar-refractivity contribution >= 4 is 17.3 Å². The SMILES string of the molecule is CCc1cc(F)cc(-n2cnc(Nc3cc(C)cc(N4CCN(C5COC5)CC4)c3)n2)c1.[HH]. The molecule has 0 spiro atoms. The molecule has 2 aliphatic rings. The maximum atomic E-state index is 13.9. The summed E-state index contributed by atoms with van der Waals surface area (Å²) >= 11 is 0. The Morgan fingerprint density at radius 1 is 1.06 bits per heavy atom. The third kappa shape index (κ3) is 4.47. The number of anilines is 3. The zero-order valence-electron chi connectivity index (χ0n) is 18.6. The lowest BCUT2D eigenvalue weighted by Crippen LogP contribution is -2.56. The van der Waals surface area contributed by atoms with Crippen molar-refractivity contribution in [2.75, 3.05) is 49.6 Å². The Balaban J connectivity index is 0.00000259. The highest BCUT2D eigenvalue weighted by Gasteiger charge is 2.29. The van der Waals surface area contributed by atoms with Crippen molar-refractivity contribution in [3.8, 4) is 5.69 Å². The van der Waals surface area contributed by atoms with Gasteiger partial charge in [0.2, 0.25) is 5.95 Å². The third-order valence-electron chi connectivity index (χ3n) is 6.24. The highest BCUT2D eigenvalue weighted by atomic mass is 19.1. The Bertz CT molecular complexity index is 1090. The lowest BCUT2D eigenvalue weighted by molar-refractivity contribution is -0.0660. The summed E-state index contributed by atoms with van der Waals surface area (Å²) in [6, 6.07) is 12.0. The molecule has 0 amide bonds. The molecule has 170 valence electrons. The van der Waals surface area contributed by atoms with E-state index in [4.69, 9.17) is 4.74 Å². The molecule has 0 aliphatic carbocycles. The minimum atomic E-state index is -0.266. The first-order valence-electron chi connectivity index (χ1n) is 11.2. The smallest absolute Gasteiger partial charge is 0.246 e. The maximum Gasteiger partial charge on any atom is 0.246 e. The standard InChI is InChI=1S/C24H29FN6O.H2/c1-3-18-10-19(25)12-22(11-18)31-16-26-24(28-31)27-20-8-17(2)9-21(13-20)29-4-6-30(7-5-29)23-14-32-15-23;/h8-13,16,23H,3-7,14-15H2,1-2H3,(H,27,28);1H. The number of aryl methyl sites for hydroxylation is 2. The molecule has 5 rings (SSSR count). The monoisotopic (exact) mass is 438 g/mol. The van der Waals surface area contributed by atoms with E-state index < -0.39 is 0 Å². The molecule has 0 bridgehead atoms. The summed E-state index contributed by atoms with van der Waals surface area (Å²) in [4.78, 5) is 9.34. The van der Waals surface area contributed by atoms with Gasteiger partial charge in [-0.2, -0.15) is 4.98 Å². The second kappa shape index (κ2) is 8.88. The van der Waals surface area contributed by atoms with Crippen LogP contribution in [0.4, 0.5) is 21.7 Å². The molecule has 2 aliphatic heterocycles. The number of ether oxygens (including phenoxy) is 1. The van der Waals surface area contributed by atoms with Crippen molar-refractivity contribution < 1.29 is 10.6 Å². The molecule has 0 radical (unpaired) electrons. The minimum Gasteiger partial charge on any atom is -0.378 e. The van der Waals surface area contributed by atoms with E-state index in [9.17, 15) is 4.39 Å². The van der Waals surface area contributed by atoms with Crippen LogP contribution >= 0.6 is 0 Å². The van der Waals surface area contributed by atoms with Crippen LogP contribution in [0.1, 0.15) is 19.5 Å². The Morgan fingerprint density at radius 2 is 1.88 bits per heavy atom. The van der Waals surface area contributed by atoms with Gasteiger partial charge < -0.3 is 15.0 Å². The molecule has 1 N–H and O–H groups in total. The van der Waals surface area contributed by atoms with E-state index in [2.05, 4.69) is 50.3 Å². The van der Waals surface area contributed by atoms with Gasteiger partial charge in [0.1, 0.15) is 12.1 Å². The molecule has 3 heterocycles. The van der Waals surface area contributed by atoms with Gasteiger partial charge in [-0.15, -0.1) is 5.10 Å². The van der Waals surface area contributed by atoms with Crippen LogP contribution in [0, 0.1) is 12.7 Å². The summed E-state index contributed by atoms with van der Waals surface area (Å²) in [6.45, 7) is 9.97. The summed E-state index contributed by atoms with van der Waals surface area (Å²) < 4.78 is 20.9. The summed E-state index contributed by atoms with van der Waals surface area (Å²) in [5.41, 5.74) is 4.92. The van der Waals surface area contributed by atoms with Gasteiger partial charge in [-0.3, -0.25) is 4.90 Å². The Hall–Kier alpha value is -2.97. The number of hydrogen-bond donors (Lipinski definition) is 1. The second-order valence-electron chi connectivity index (χ2n) is 8.58. The predicted octanol–water partition coefficient (Wildman–Crippen LogP) is 3.79. The lowest BCUT2D eigenvalue weighted by atomic mass is 10.1. The number of benzene rings is 2. The van der Waals surface area contributed by atoms with Crippen LogP contribution in [0.25, 0.3) is 5.69 Å². The average Bonchev–Trinajstić information content (AvgIpc) is 3.20. The molecule has 8 heteroatoms. The molecule has 0 unspecified atom stereocenters. The van der Waals surface area contributed by atoms with Crippen molar-refractivity contribution in [2.45, 2.75) is 26.3 Å². The van der Waals surface area contributed by atoms with Crippen LogP contribution in [-0.2, 0) is 11.2 Å². The first-order chi connectivity index (χ1) is 15.6. The fourth-order valence-electron chi connectivity index (χ4n) is 4.34. The van der Waals surface area contributed by atoms with E-state index in [-0.39, 0.29) is 7.24 Å². The van der Waals surface area contributed by atoms with Crippen molar-refractivity contribution in [1.29, 1.82) is 0 Å². The first-order valence-corrected chi connectivity index (χ1v) is 11.2. The van der Waals surface area contributed by atoms with Gasteiger partial charge in [-0.1, -0.05) is 6.92 Å². The van der Waals surface area contributed by atoms with Crippen molar-refractivity contribution in [1.82, 2.24) is 19.7 Å². The zero-order valence-corrected chi connectivity index (χ0v) is 18.6. The normalized spacial score (nSPS) is 17.4. The van der Waals surface area contributed by atoms with Gasteiger partial charge in [0.15, 0.2) is 0 Å². The number of halogens is 1. The molecule has 1 aromatic heterocycles. The highest BCUT2D eigenvalue weighted by Crippen LogP contribution is 2.26. The van der Waals surface area contributed by atoms with Crippen LogP contribution < -0.4 is 10.2 Å². The Kier molecular flexibility index (Phi) is 5.80. The van der Waals surface area contributed by atoms with Crippen LogP contribution in [0.2, 0.25) is 0 Å². The van der Waals surface area contributed by atoms with Crippen LogP contribution in [0.15, 0.2) is 42.7 Å². The van der Waals surface area contributed by atoms with Gasteiger partial charge in [0.05, 0.1) is 24.9 Å². The van der Waals surface area contributed by atoms with Gasteiger partial charge >= 0.3 is 0 Å². The van der Waals surface area contributed by atoms with Crippen LogP contribution in [0.5, 0.6) is 0 Å². The van der Waals surface area contributed by atoms with Gasteiger partial charge in [-0.25, -0.2) is 9.07 Å². The molecule has 0 saturated carbocycles. The Morgan fingerprint density at radius 3 is 2.59 bits per heavy atom. The molecule has 3 aromatic rings. The highest BCUT2D eigenvalue weighted by molar-refractivity contribution is 5.64. The Labute approximate surface area is 189 Å². The number of hydrogen-bond acceptors (Lipinski definition) is 6. The molecule has 7 nitrogen and oxygen atoms in total. The van der Waals surface area contributed by atoms with E-state index in [0.29, 0.717) is 17.7 Å². The largest absolute Gasteiger partial charge is 0.378 e. The molecule has 2 saturated heterocycles. The van der Waals surface area contributed by atoms with E-state index in [1.165, 1.54) is 17.3 Å². The quantitative estimate of drug-likeness (QED) is 0.632. The zero-order chi connectivity index (χ0) is 22.1. The van der Waals surface area contributed by atoms with Crippen LogP contribution in [-0.4, -0.2) is 65.1 Å². The van der Waals surface area contributed by atoms with E-state index in [1.807, 2.05) is 13.0 Å². The van der Waals surface area contributed by atoms with Crippen molar-refractivity contribution in [3.05, 3.63) is 59.7 Å². The second-order valence-corrected chi connectivity index (χ2v) is 8.58. The number of rotatable bonds is 6. The summed E-state index contributed by atoms with van der Waals surface area (Å²) in [6.07, 6.45) is 2.37. The topological polar surface area (TPSA) is 58.5 Å². The molecule has 2 aromatic carbocycles. The van der Waals surface area contributed by atoms with Crippen LogP contribution in [0.3, 0.4) is 0 Å². The number of nitrogens with one attached hydrogen (secondary N) is 1. The van der Waals surface area contributed by atoms with Crippen molar-refractivity contribution in [2.24, 2.45) is 0 Å². The number of nitrogens with zero attached hydrogens (tertiary/aromatic N) is 5. The maximum absolute atomic E-state index is 13.9. The fourth-order valence-corrected chi connectivity index (χ4v) is 4.34. The van der Waals surface area contributed by atoms with Gasteiger partial charge in [0, 0.05) is 39.0 Å². The molecule has 0 atom stereocenters. The molecular weight excluding hydrogens is 407 g/mol. The average molecular weight is 439 g/mol. The molecule has 32 heavy (non-hydrogen) atoms. The fraction of sp³-hybridized carbons (Fsp3) is 0.417. The lowest BCUT2D eigenvalue weighted by Gasteiger charge is -2.43. The molecule has 2 fully saturated rings. The number of aromatic nitrogens is 3. The van der Waals surface area contributed by atoms with Gasteiger partial charge in [0.25, 0.3) is 0 Å². The van der Waals surface area contributed by atoms with E-state index >= 15 is 0 Å². The molecular formula is C24H31FN6O. The summed E-state index contributed by atoms with van der Waals surface area (Å²) in [7, 11) is 0. The van der Waals surface area contributed by atoms with Crippen molar-refractivity contribution in [3.63, 3.8) is 0 Å². The minimum absolute atomic E-state index is 0. The number of piperazine rings is 1. The van der Waals surface area contributed by atoms with Gasteiger partial charge in [-0.05, 0) is 60.9 Å².